The fraction of sp³-hybridized carbons (Fsp3) is 0.364. The first kappa shape index (κ1) is 11.7. The van der Waals surface area contributed by atoms with Crippen LogP contribution in [-0.4, -0.2) is 19.5 Å². The molecule has 0 aliphatic rings. The summed E-state index contributed by atoms with van der Waals surface area (Å²) in [6, 6.07) is -0.287. The number of rotatable bonds is 4. The summed E-state index contributed by atoms with van der Waals surface area (Å²) >= 11 is 0. The molecule has 2 aromatic heterocycles. The van der Waals surface area contributed by atoms with Crippen LogP contribution < -0.4 is 11.3 Å². The standard InChI is InChI=1S/C11H16N6/c1-3-17-5-4-13-11(17)9(16-12)10-14-6-8(2)7-15-10/h4-7,9,16H,3,12H2,1-2H3. The van der Waals surface area contributed by atoms with E-state index < -0.39 is 0 Å². The van der Waals surface area contributed by atoms with E-state index in [1.54, 1.807) is 18.6 Å². The Kier molecular flexibility index (Phi) is 3.46. The van der Waals surface area contributed by atoms with E-state index in [0.29, 0.717) is 5.82 Å². The minimum Gasteiger partial charge on any atom is -0.333 e. The van der Waals surface area contributed by atoms with Crippen molar-refractivity contribution >= 4 is 0 Å². The molecule has 0 aromatic carbocycles. The third-order valence-electron chi connectivity index (χ3n) is 2.57. The minimum absolute atomic E-state index is 0.287. The van der Waals surface area contributed by atoms with Gasteiger partial charge in [-0.05, 0) is 19.4 Å². The summed E-state index contributed by atoms with van der Waals surface area (Å²) in [6.45, 7) is 4.83. The van der Waals surface area contributed by atoms with Crippen LogP contribution in [0, 0.1) is 6.92 Å². The van der Waals surface area contributed by atoms with Crippen molar-refractivity contribution in [2.75, 3.05) is 0 Å². The SMILES string of the molecule is CCn1ccnc1C(NN)c1ncc(C)cn1. The molecule has 0 saturated heterocycles. The fourth-order valence-corrected chi connectivity index (χ4v) is 1.66. The highest BCUT2D eigenvalue weighted by atomic mass is 15.3. The lowest BCUT2D eigenvalue weighted by molar-refractivity contribution is 0.537. The van der Waals surface area contributed by atoms with Crippen LogP contribution in [0.15, 0.2) is 24.8 Å². The number of hydrogen-bond donors (Lipinski definition) is 2. The maximum absolute atomic E-state index is 5.57. The lowest BCUT2D eigenvalue weighted by Crippen LogP contribution is -2.32. The number of nitrogens with two attached hydrogens (primary N) is 1. The average Bonchev–Trinajstić information content (AvgIpc) is 2.81. The van der Waals surface area contributed by atoms with E-state index in [9.17, 15) is 0 Å². The molecular weight excluding hydrogens is 216 g/mol. The second-order valence-corrected chi connectivity index (χ2v) is 3.79. The van der Waals surface area contributed by atoms with Gasteiger partial charge in [0, 0.05) is 31.3 Å². The molecule has 0 radical (unpaired) electrons. The number of aryl methyl sites for hydroxylation is 2. The molecule has 6 heteroatoms. The molecule has 2 heterocycles. The van der Waals surface area contributed by atoms with Crippen LogP contribution in [0.4, 0.5) is 0 Å². The van der Waals surface area contributed by atoms with Crippen LogP contribution in [-0.2, 0) is 6.54 Å². The first-order valence-electron chi connectivity index (χ1n) is 5.52. The average molecular weight is 232 g/mol. The van der Waals surface area contributed by atoms with Crippen molar-refractivity contribution in [1.82, 2.24) is 24.9 Å². The van der Waals surface area contributed by atoms with E-state index in [1.165, 1.54) is 0 Å². The largest absolute Gasteiger partial charge is 0.333 e. The zero-order valence-corrected chi connectivity index (χ0v) is 9.96. The van der Waals surface area contributed by atoms with Gasteiger partial charge in [-0.2, -0.15) is 0 Å². The zero-order chi connectivity index (χ0) is 12.3. The lowest BCUT2D eigenvalue weighted by Gasteiger charge is -2.15. The number of nitrogens with one attached hydrogen (secondary N) is 1. The molecule has 0 fully saturated rings. The van der Waals surface area contributed by atoms with Gasteiger partial charge >= 0.3 is 0 Å². The van der Waals surface area contributed by atoms with Gasteiger partial charge in [0.15, 0.2) is 5.82 Å². The Bertz CT molecular complexity index is 475. The first-order chi connectivity index (χ1) is 8.26. The van der Waals surface area contributed by atoms with E-state index in [4.69, 9.17) is 5.84 Å². The molecule has 17 heavy (non-hydrogen) atoms. The predicted octanol–water partition coefficient (Wildman–Crippen LogP) is 0.554. The molecule has 6 nitrogen and oxygen atoms in total. The van der Waals surface area contributed by atoms with E-state index in [2.05, 4.69) is 27.3 Å². The summed E-state index contributed by atoms with van der Waals surface area (Å²) < 4.78 is 2.01. The van der Waals surface area contributed by atoms with Crippen molar-refractivity contribution in [3.63, 3.8) is 0 Å². The topological polar surface area (TPSA) is 81.7 Å². The van der Waals surface area contributed by atoms with Gasteiger partial charge in [0.25, 0.3) is 0 Å². The number of hydrogen-bond acceptors (Lipinski definition) is 5. The van der Waals surface area contributed by atoms with Crippen molar-refractivity contribution in [1.29, 1.82) is 0 Å². The molecule has 0 amide bonds. The van der Waals surface area contributed by atoms with E-state index in [1.807, 2.05) is 17.7 Å². The Balaban J connectivity index is 2.36. The van der Waals surface area contributed by atoms with Gasteiger partial charge < -0.3 is 4.57 Å². The van der Waals surface area contributed by atoms with Gasteiger partial charge in [0.05, 0.1) is 0 Å². The second-order valence-electron chi connectivity index (χ2n) is 3.79. The minimum atomic E-state index is -0.287. The third-order valence-corrected chi connectivity index (χ3v) is 2.57. The van der Waals surface area contributed by atoms with E-state index in [0.717, 1.165) is 17.9 Å². The van der Waals surface area contributed by atoms with Gasteiger partial charge in [-0.1, -0.05) is 0 Å². The Morgan fingerprint density at radius 1 is 1.35 bits per heavy atom. The molecule has 1 atom stereocenters. The highest BCUT2D eigenvalue weighted by molar-refractivity contribution is 5.13. The number of imidazole rings is 1. The van der Waals surface area contributed by atoms with Crippen LogP contribution in [0.5, 0.6) is 0 Å². The van der Waals surface area contributed by atoms with Gasteiger partial charge in [-0.3, -0.25) is 5.84 Å². The zero-order valence-electron chi connectivity index (χ0n) is 9.96. The predicted molar refractivity (Wildman–Crippen MR) is 63.8 cm³/mol. The molecule has 0 bridgehead atoms. The molecule has 0 aliphatic heterocycles. The quantitative estimate of drug-likeness (QED) is 0.594. The summed E-state index contributed by atoms with van der Waals surface area (Å²) in [6.07, 6.45) is 7.20. The van der Waals surface area contributed by atoms with Crippen molar-refractivity contribution in [3.8, 4) is 0 Å². The first-order valence-corrected chi connectivity index (χ1v) is 5.52. The van der Waals surface area contributed by atoms with Crippen LogP contribution in [0.2, 0.25) is 0 Å². The monoisotopic (exact) mass is 232 g/mol. The van der Waals surface area contributed by atoms with Gasteiger partial charge in [-0.25, -0.2) is 20.4 Å². The maximum Gasteiger partial charge on any atom is 0.154 e. The number of nitrogens with zero attached hydrogens (tertiary/aromatic N) is 4. The molecule has 1 unspecified atom stereocenters. The van der Waals surface area contributed by atoms with E-state index >= 15 is 0 Å². The van der Waals surface area contributed by atoms with Crippen LogP contribution >= 0.6 is 0 Å². The van der Waals surface area contributed by atoms with Crippen LogP contribution in [0.3, 0.4) is 0 Å². The maximum atomic E-state index is 5.57. The summed E-state index contributed by atoms with van der Waals surface area (Å²) in [7, 11) is 0. The highest BCUT2D eigenvalue weighted by Gasteiger charge is 2.19. The Morgan fingerprint density at radius 3 is 2.65 bits per heavy atom. The molecule has 0 saturated carbocycles. The normalized spacial score (nSPS) is 12.6. The van der Waals surface area contributed by atoms with Crippen molar-refractivity contribution in [2.24, 2.45) is 5.84 Å². The molecule has 0 spiro atoms. The molecule has 90 valence electrons. The van der Waals surface area contributed by atoms with Gasteiger partial charge in [0.2, 0.25) is 0 Å². The van der Waals surface area contributed by atoms with Crippen molar-refractivity contribution in [2.45, 2.75) is 26.4 Å². The van der Waals surface area contributed by atoms with Crippen LogP contribution in [0.25, 0.3) is 0 Å². The fourth-order valence-electron chi connectivity index (χ4n) is 1.66. The highest BCUT2D eigenvalue weighted by Crippen LogP contribution is 2.16. The Hall–Kier alpha value is -1.79. The second kappa shape index (κ2) is 5.03. The van der Waals surface area contributed by atoms with Gasteiger partial charge in [0.1, 0.15) is 11.9 Å². The molecule has 3 N–H and O–H groups in total. The third kappa shape index (κ3) is 2.32. The summed E-state index contributed by atoms with van der Waals surface area (Å²) in [5.41, 5.74) is 3.72. The van der Waals surface area contributed by atoms with Crippen LogP contribution in [0.1, 0.15) is 30.2 Å². The number of aromatic nitrogens is 4. The van der Waals surface area contributed by atoms with Gasteiger partial charge in [-0.15, -0.1) is 0 Å². The molecule has 2 rings (SSSR count). The molecule has 2 aromatic rings. The number of hydrazine groups is 1. The summed E-state index contributed by atoms with van der Waals surface area (Å²) in [5, 5.41) is 0. The van der Waals surface area contributed by atoms with E-state index in [-0.39, 0.29) is 6.04 Å². The Morgan fingerprint density at radius 2 is 2.06 bits per heavy atom. The van der Waals surface area contributed by atoms with Crippen molar-refractivity contribution < 1.29 is 0 Å². The van der Waals surface area contributed by atoms with Crippen molar-refractivity contribution in [3.05, 3.63) is 42.0 Å². The summed E-state index contributed by atoms with van der Waals surface area (Å²) in [4.78, 5) is 12.8. The molecule has 0 aliphatic carbocycles. The smallest absolute Gasteiger partial charge is 0.154 e. The molecular formula is C11H16N6. The lowest BCUT2D eigenvalue weighted by atomic mass is 10.2. The summed E-state index contributed by atoms with van der Waals surface area (Å²) in [5.74, 6) is 7.02. The Labute approximate surface area is 99.9 Å².